The van der Waals surface area contributed by atoms with Gasteiger partial charge < -0.3 is 10.6 Å². The third-order valence-electron chi connectivity index (χ3n) is 3.52. The number of nitrogens with zero attached hydrogens (tertiary/aromatic N) is 1. The first kappa shape index (κ1) is 14.2. The number of thiazole rings is 1. The average Bonchev–Trinajstić information content (AvgIpc) is 2.98. The Kier molecular flexibility index (Phi) is 4.26. The molecule has 1 aliphatic rings. The lowest BCUT2D eigenvalue weighted by atomic mass is 10.1. The van der Waals surface area contributed by atoms with Crippen LogP contribution in [0.15, 0.2) is 29.6 Å². The molecule has 3 rings (SSSR count). The van der Waals surface area contributed by atoms with Crippen LogP contribution in [-0.4, -0.2) is 30.0 Å². The van der Waals surface area contributed by atoms with Crippen LogP contribution in [0.5, 0.6) is 0 Å². The molecule has 1 aliphatic heterocycles. The van der Waals surface area contributed by atoms with Crippen molar-refractivity contribution in [3.63, 3.8) is 0 Å². The fourth-order valence-electron chi connectivity index (χ4n) is 2.36. The minimum absolute atomic E-state index is 0.180. The zero-order valence-electron chi connectivity index (χ0n) is 11.4. The molecule has 2 heterocycles. The zero-order chi connectivity index (χ0) is 14.7. The van der Waals surface area contributed by atoms with Crippen LogP contribution in [0.4, 0.5) is 4.39 Å². The summed E-state index contributed by atoms with van der Waals surface area (Å²) < 4.78 is 13.7. The molecular weight excluding hydrogens is 289 g/mol. The molecule has 0 radical (unpaired) electrons. The van der Waals surface area contributed by atoms with Gasteiger partial charge in [0.15, 0.2) is 0 Å². The fraction of sp³-hybridized carbons (Fsp3) is 0.333. The molecule has 6 heteroatoms. The Morgan fingerprint density at radius 3 is 2.86 bits per heavy atom. The molecule has 110 valence electrons. The maximum atomic E-state index is 13.7. The van der Waals surface area contributed by atoms with Crippen LogP contribution in [0, 0.1) is 5.82 Å². The molecule has 1 saturated heterocycles. The predicted octanol–water partition coefficient (Wildman–Crippen LogP) is 2.43. The van der Waals surface area contributed by atoms with Crippen molar-refractivity contribution in [3.8, 4) is 10.6 Å². The van der Waals surface area contributed by atoms with E-state index in [9.17, 15) is 9.18 Å². The van der Waals surface area contributed by atoms with Crippen molar-refractivity contribution in [1.29, 1.82) is 0 Å². The van der Waals surface area contributed by atoms with Gasteiger partial charge >= 0.3 is 0 Å². The maximum absolute atomic E-state index is 13.7. The van der Waals surface area contributed by atoms with Crippen molar-refractivity contribution in [2.75, 3.05) is 13.1 Å². The van der Waals surface area contributed by atoms with Gasteiger partial charge in [0.25, 0.3) is 5.91 Å². The van der Waals surface area contributed by atoms with Crippen LogP contribution in [0.1, 0.15) is 23.3 Å². The molecule has 0 aliphatic carbocycles. The summed E-state index contributed by atoms with van der Waals surface area (Å²) in [5.74, 6) is -0.502. The van der Waals surface area contributed by atoms with E-state index >= 15 is 0 Å². The molecule has 4 nitrogen and oxygen atoms in total. The summed E-state index contributed by atoms with van der Waals surface area (Å²) in [5, 5.41) is 8.45. The standard InChI is InChI=1S/C15H16FN3OS/c16-12-4-2-1-3-11(12)15-19-13(9-21-15)14(20)18-10-5-7-17-8-6-10/h1-4,9-10,17H,5-8H2,(H,18,20). The van der Waals surface area contributed by atoms with E-state index < -0.39 is 0 Å². The van der Waals surface area contributed by atoms with E-state index in [4.69, 9.17) is 0 Å². The minimum Gasteiger partial charge on any atom is -0.348 e. The highest BCUT2D eigenvalue weighted by Crippen LogP contribution is 2.26. The molecule has 0 spiro atoms. The van der Waals surface area contributed by atoms with E-state index in [0.29, 0.717) is 16.3 Å². The summed E-state index contributed by atoms with van der Waals surface area (Å²) in [4.78, 5) is 16.4. The first-order chi connectivity index (χ1) is 10.2. The van der Waals surface area contributed by atoms with E-state index in [0.717, 1.165) is 25.9 Å². The van der Waals surface area contributed by atoms with Crippen LogP contribution in [-0.2, 0) is 0 Å². The number of rotatable bonds is 3. The van der Waals surface area contributed by atoms with E-state index in [1.807, 2.05) is 0 Å². The van der Waals surface area contributed by atoms with Gasteiger partial charge in [-0.05, 0) is 38.1 Å². The average molecular weight is 305 g/mol. The Morgan fingerprint density at radius 1 is 1.33 bits per heavy atom. The zero-order valence-corrected chi connectivity index (χ0v) is 12.3. The van der Waals surface area contributed by atoms with Gasteiger partial charge in [-0.3, -0.25) is 4.79 Å². The Labute approximate surface area is 126 Å². The van der Waals surface area contributed by atoms with Crippen LogP contribution in [0.2, 0.25) is 0 Å². The maximum Gasteiger partial charge on any atom is 0.270 e. The summed E-state index contributed by atoms with van der Waals surface area (Å²) in [7, 11) is 0. The van der Waals surface area contributed by atoms with E-state index in [-0.39, 0.29) is 17.8 Å². The number of piperidine rings is 1. The van der Waals surface area contributed by atoms with Crippen LogP contribution in [0.3, 0.4) is 0 Å². The lowest BCUT2D eigenvalue weighted by molar-refractivity contribution is 0.0925. The first-order valence-electron chi connectivity index (χ1n) is 6.96. The molecule has 0 bridgehead atoms. The molecule has 2 aromatic rings. The van der Waals surface area contributed by atoms with Crippen molar-refractivity contribution in [2.24, 2.45) is 0 Å². The number of halogens is 1. The summed E-state index contributed by atoms with van der Waals surface area (Å²) in [6.07, 6.45) is 1.85. The fourth-order valence-corrected chi connectivity index (χ4v) is 3.19. The topological polar surface area (TPSA) is 54.0 Å². The molecule has 1 aromatic carbocycles. The number of aromatic nitrogens is 1. The second kappa shape index (κ2) is 6.32. The minimum atomic E-state index is -0.322. The van der Waals surface area contributed by atoms with E-state index in [1.165, 1.54) is 17.4 Å². The van der Waals surface area contributed by atoms with Gasteiger partial charge in [0, 0.05) is 17.0 Å². The number of amides is 1. The van der Waals surface area contributed by atoms with Crippen LogP contribution in [0.25, 0.3) is 10.6 Å². The molecule has 0 unspecified atom stereocenters. The SMILES string of the molecule is O=C(NC1CCNCC1)c1csc(-c2ccccc2F)n1. The Bertz CT molecular complexity index is 637. The van der Waals surface area contributed by atoms with Gasteiger partial charge in [0.2, 0.25) is 0 Å². The second-order valence-corrected chi connectivity index (χ2v) is 5.87. The Balaban J connectivity index is 1.72. The number of nitrogens with one attached hydrogen (secondary N) is 2. The van der Waals surface area contributed by atoms with Crippen molar-refractivity contribution < 1.29 is 9.18 Å². The van der Waals surface area contributed by atoms with Gasteiger partial charge in [0.1, 0.15) is 16.5 Å². The molecule has 1 aromatic heterocycles. The molecule has 1 fully saturated rings. The summed E-state index contributed by atoms with van der Waals surface area (Å²) in [6.45, 7) is 1.84. The molecule has 0 atom stereocenters. The number of hydrogen-bond donors (Lipinski definition) is 2. The molecule has 21 heavy (non-hydrogen) atoms. The monoisotopic (exact) mass is 305 g/mol. The van der Waals surface area contributed by atoms with E-state index in [1.54, 1.807) is 23.6 Å². The van der Waals surface area contributed by atoms with Crippen molar-refractivity contribution in [3.05, 3.63) is 41.2 Å². The number of carbonyl (C=O) groups excluding carboxylic acids is 1. The molecule has 1 amide bonds. The normalized spacial score (nSPS) is 15.9. The summed E-state index contributed by atoms with van der Waals surface area (Å²) >= 11 is 1.28. The predicted molar refractivity (Wildman–Crippen MR) is 80.9 cm³/mol. The van der Waals surface area contributed by atoms with Gasteiger partial charge in [-0.1, -0.05) is 12.1 Å². The van der Waals surface area contributed by atoms with Gasteiger partial charge in [-0.2, -0.15) is 0 Å². The molecular formula is C15H16FN3OS. The highest BCUT2D eigenvalue weighted by molar-refractivity contribution is 7.13. The molecule has 0 saturated carbocycles. The van der Waals surface area contributed by atoms with Crippen LogP contribution < -0.4 is 10.6 Å². The largest absolute Gasteiger partial charge is 0.348 e. The first-order valence-corrected chi connectivity index (χ1v) is 7.84. The van der Waals surface area contributed by atoms with Crippen molar-refractivity contribution >= 4 is 17.2 Å². The third-order valence-corrected chi connectivity index (χ3v) is 4.39. The van der Waals surface area contributed by atoms with Crippen LogP contribution >= 0.6 is 11.3 Å². The van der Waals surface area contributed by atoms with Gasteiger partial charge in [-0.25, -0.2) is 9.37 Å². The highest BCUT2D eigenvalue weighted by atomic mass is 32.1. The van der Waals surface area contributed by atoms with Gasteiger partial charge in [0.05, 0.1) is 0 Å². The Morgan fingerprint density at radius 2 is 2.10 bits per heavy atom. The van der Waals surface area contributed by atoms with E-state index in [2.05, 4.69) is 15.6 Å². The van der Waals surface area contributed by atoms with Crippen molar-refractivity contribution in [2.45, 2.75) is 18.9 Å². The summed E-state index contributed by atoms with van der Waals surface area (Å²) in [5.41, 5.74) is 0.792. The van der Waals surface area contributed by atoms with Crippen molar-refractivity contribution in [1.82, 2.24) is 15.6 Å². The second-order valence-electron chi connectivity index (χ2n) is 5.02. The summed E-state index contributed by atoms with van der Waals surface area (Å²) in [6, 6.07) is 6.65. The third kappa shape index (κ3) is 3.28. The quantitative estimate of drug-likeness (QED) is 0.916. The smallest absolute Gasteiger partial charge is 0.270 e. The Hall–Kier alpha value is -1.79. The number of carbonyl (C=O) groups is 1. The lowest BCUT2D eigenvalue weighted by Crippen LogP contribution is -2.42. The van der Waals surface area contributed by atoms with Gasteiger partial charge in [-0.15, -0.1) is 11.3 Å². The number of hydrogen-bond acceptors (Lipinski definition) is 4. The molecule has 2 N–H and O–H groups in total. The number of benzene rings is 1. The lowest BCUT2D eigenvalue weighted by Gasteiger charge is -2.23. The highest BCUT2D eigenvalue weighted by Gasteiger charge is 2.19.